The first kappa shape index (κ1) is 14.3. The summed E-state index contributed by atoms with van der Waals surface area (Å²) in [6.45, 7) is 1.85. The maximum atomic E-state index is 12.2. The van der Waals surface area contributed by atoms with E-state index >= 15 is 0 Å². The number of benzene rings is 1. The molecule has 0 saturated heterocycles. The summed E-state index contributed by atoms with van der Waals surface area (Å²) in [4.78, 5) is 16.5. The molecule has 0 fully saturated rings. The highest BCUT2D eigenvalue weighted by Crippen LogP contribution is 2.23. The first-order valence-corrected chi connectivity index (χ1v) is 6.68. The summed E-state index contributed by atoms with van der Waals surface area (Å²) in [6.07, 6.45) is 0. The normalized spacial score (nSPS) is 10.2. The fraction of sp³-hybridized carbons (Fsp3) is 0.143. The summed E-state index contributed by atoms with van der Waals surface area (Å²) in [5.41, 5.74) is 7.36. The third kappa shape index (κ3) is 3.08. The molecule has 0 spiro atoms. The molecule has 0 unspecified atom stereocenters. The lowest BCUT2D eigenvalue weighted by molar-refractivity contribution is 0.102. The molecule has 1 aromatic carbocycles. The monoisotopic (exact) mass is 335 g/mol. The number of pyridine rings is 1. The number of aromatic nitrogens is 1. The summed E-state index contributed by atoms with van der Waals surface area (Å²) < 4.78 is 6.04. The number of carbonyl (C=O) groups is 1. The molecule has 0 aliphatic carbocycles. The van der Waals surface area contributed by atoms with Gasteiger partial charge < -0.3 is 15.8 Å². The van der Waals surface area contributed by atoms with Crippen molar-refractivity contribution in [1.29, 1.82) is 0 Å². The number of anilines is 2. The molecule has 1 heterocycles. The zero-order chi connectivity index (χ0) is 14.7. The van der Waals surface area contributed by atoms with Crippen LogP contribution in [-0.2, 0) is 0 Å². The molecule has 5 nitrogen and oxygen atoms in total. The number of nitrogen functional groups attached to an aromatic ring is 1. The molecule has 20 heavy (non-hydrogen) atoms. The van der Waals surface area contributed by atoms with E-state index < -0.39 is 0 Å². The third-order valence-electron chi connectivity index (χ3n) is 2.73. The Hall–Kier alpha value is -2.08. The molecule has 6 heteroatoms. The van der Waals surface area contributed by atoms with Gasteiger partial charge in [-0.2, -0.15) is 0 Å². The Morgan fingerprint density at radius 3 is 2.75 bits per heavy atom. The van der Waals surface area contributed by atoms with Crippen molar-refractivity contribution in [2.24, 2.45) is 0 Å². The lowest BCUT2D eigenvalue weighted by Crippen LogP contribution is -2.14. The van der Waals surface area contributed by atoms with Crippen molar-refractivity contribution in [3.05, 3.63) is 46.1 Å². The van der Waals surface area contributed by atoms with Crippen LogP contribution in [0.15, 0.2) is 34.8 Å². The quantitative estimate of drug-likeness (QED) is 0.845. The number of amides is 1. The van der Waals surface area contributed by atoms with E-state index in [0.717, 1.165) is 10.2 Å². The highest BCUT2D eigenvalue weighted by molar-refractivity contribution is 9.10. The summed E-state index contributed by atoms with van der Waals surface area (Å²) in [6, 6.07) is 8.45. The van der Waals surface area contributed by atoms with Crippen LogP contribution in [0.4, 0.5) is 11.5 Å². The van der Waals surface area contributed by atoms with Crippen LogP contribution < -0.4 is 15.8 Å². The van der Waals surface area contributed by atoms with Crippen LogP contribution in [-0.4, -0.2) is 18.0 Å². The number of hydrogen-bond donors (Lipinski definition) is 2. The molecule has 2 aromatic rings. The molecule has 2 rings (SSSR count). The highest BCUT2D eigenvalue weighted by atomic mass is 79.9. The van der Waals surface area contributed by atoms with Crippen LogP contribution >= 0.6 is 15.9 Å². The molecule has 0 radical (unpaired) electrons. The number of nitrogens with zero attached hydrogens (tertiary/aromatic N) is 1. The number of nitrogens with one attached hydrogen (secondary N) is 1. The van der Waals surface area contributed by atoms with Gasteiger partial charge in [-0.15, -0.1) is 0 Å². The van der Waals surface area contributed by atoms with Crippen molar-refractivity contribution in [2.45, 2.75) is 6.92 Å². The van der Waals surface area contributed by atoms with Crippen LogP contribution in [0.25, 0.3) is 0 Å². The number of rotatable bonds is 3. The number of carbonyl (C=O) groups excluding carboxylic acids is 1. The van der Waals surface area contributed by atoms with Gasteiger partial charge in [-0.1, -0.05) is 0 Å². The number of hydrogen-bond acceptors (Lipinski definition) is 4. The van der Waals surface area contributed by atoms with Crippen molar-refractivity contribution >= 4 is 33.3 Å². The van der Waals surface area contributed by atoms with E-state index in [1.807, 2.05) is 13.0 Å². The zero-order valence-corrected chi connectivity index (χ0v) is 12.7. The largest absolute Gasteiger partial charge is 0.496 e. The molecule has 0 atom stereocenters. The standard InChI is InChI=1S/C14H14BrN3O2/c1-8-11(15)4-6-13(17-8)18-14(19)10-7-9(16)3-5-12(10)20-2/h3-7H,16H2,1-2H3,(H,17,18,19). The average Bonchev–Trinajstić information content (AvgIpc) is 2.43. The van der Waals surface area contributed by atoms with E-state index in [9.17, 15) is 4.79 Å². The predicted molar refractivity (Wildman–Crippen MR) is 82.0 cm³/mol. The number of aryl methyl sites for hydroxylation is 1. The minimum absolute atomic E-state index is 0.316. The Morgan fingerprint density at radius 1 is 1.35 bits per heavy atom. The Labute approximate surface area is 125 Å². The zero-order valence-electron chi connectivity index (χ0n) is 11.1. The average molecular weight is 336 g/mol. The molecule has 3 N–H and O–H groups in total. The molecule has 0 aliphatic heterocycles. The molecule has 104 valence electrons. The third-order valence-corrected chi connectivity index (χ3v) is 3.57. The van der Waals surface area contributed by atoms with E-state index in [4.69, 9.17) is 10.5 Å². The van der Waals surface area contributed by atoms with Crippen molar-refractivity contribution < 1.29 is 9.53 Å². The molecule has 1 aromatic heterocycles. The van der Waals surface area contributed by atoms with E-state index in [1.165, 1.54) is 7.11 Å². The van der Waals surface area contributed by atoms with Gasteiger partial charge >= 0.3 is 0 Å². The Morgan fingerprint density at radius 2 is 2.10 bits per heavy atom. The second-order valence-electron chi connectivity index (χ2n) is 4.18. The van der Waals surface area contributed by atoms with Gasteiger partial charge in [0.2, 0.25) is 0 Å². The Balaban J connectivity index is 2.27. The molecular formula is C14H14BrN3O2. The van der Waals surface area contributed by atoms with Gasteiger partial charge in [-0.3, -0.25) is 4.79 Å². The van der Waals surface area contributed by atoms with E-state index in [-0.39, 0.29) is 5.91 Å². The second-order valence-corrected chi connectivity index (χ2v) is 5.03. The van der Waals surface area contributed by atoms with Crippen molar-refractivity contribution in [1.82, 2.24) is 4.98 Å². The van der Waals surface area contributed by atoms with Crippen LogP contribution in [0.5, 0.6) is 5.75 Å². The lowest BCUT2D eigenvalue weighted by Gasteiger charge is -2.10. The summed E-state index contributed by atoms with van der Waals surface area (Å²) >= 11 is 3.36. The summed E-state index contributed by atoms with van der Waals surface area (Å²) in [5, 5.41) is 2.72. The predicted octanol–water partition coefficient (Wildman–Crippen LogP) is 3.00. The van der Waals surface area contributed by atoms with Crippen molar-refractivity contribution in [3.63, 3.8) is 0 Å². The smallest absolute Gasteiger partial charge is 0.260 e. The van der Waals surface area contributed by atoms with Crippen LogP contribution in [0.3, 0.4) is 0 Å². The van der Waals surface area contributed by atoms with Gasteiger partial charge in [-0.25, -0.2) is 4.98 Å². The minimum Gasteiger partial charge on any atom is -0.496 e. The van der Waals surface area contributed by atoms with Gasteiger partial charge in [0.15, 0.2) is 0 Å². The summed E-state index contributed by atoms with van der Waals surface area (Å²) in [7, 11) is 1.50. The fourth-order valence-electron chi connectivity index (χ4n) is 1.70. The first-order valence-electron chi connectivity index (χ1n) is 5.89. The van der Waals surface area contributed by atoms with Crippen molar-refractivity contribution in [3.8, 4) is 5.75 Å². The first-order chi connectivity index (χ1) is 9.51. The Bertz CT molecular complexity index is 659. The van der Waals surface area contributed by atoms with E-state index in [0.29, 0.717) is 22.8 Å². The molecular weight excluding hydrogens is 322 g/mol. The highest BCUT2D eigenvalue weighted by Gasteiger charge is 2.13. The van der Waals surface area contributed by atoms with Crippen LogP contribution in [0, 0.1) is 6.92 Å². The maximum absolute atomic E-state index is 12.2. The topological polar surface area (TPSA) is 77.2 Å². The molecule has 0 saturated carbocycles. The SMILES string of the molecule is COc1ccc(N)cc1C(=O)Nc1ccc(Br)c(C)n1. The van der Waals surface area contributed by atoms with Gasteiger partial charge in [-0.05, 0) is 53.2 Å². The fourth-order valence-corrected chi connectivity index (χ4v) is 1.92. The van der Waals surface area contributed by atoms with E-state index in [2.05, 4.69) is 26.2 Å². The van der Waals surface area contributed by atoms with Crippen molar-refractivity contribution in [2.75, 3.05) is 18.2 Å². The Kier molecular flexibility index (Phi) is 4.24. The maximum Gasteiger partial charge on any atom is 0.260 e. The van der Waals surface area contributed by atoms with Gasteiger partial charge in [0.1, 0.15) is 11.6 Å². The van der Waals surface area contributed by atoms with Crippen LogP contribution in [0.1, 0.15) is 16.1 Å². The minimum atomic E-state index is -0.316. The van der Waals surface area contributed by atoms with Gasteiger partial charge in [0, 0.05) is 10.2 Å². The lowest BCUT2D eigenvalue weighted by atomic mass is 10.1. The number of ether oxygens (including phenoxy) is 1. The molecule has 0 aliphatic rings. The van der Waals surface area contributed by atoms with Crippen LogP contribution in [0.2, 0.25) is 0 Å². The molecule has 1 amide bonds. The summed E-state index contributed by atoms with van der Waals surface area (Å²) in [5.74, 6) is 0.620. The number of halogens is 1. The molecule has 0 bridgehead atoms. The number of nitrogens with two attached hydrogens (primary N) is 1. The van der Waals surface area contributed by atoms with Gasteiger partial charge in [0.05, 0.1) is 18.4 Å². The van der Waals surface area contributed by atoms with E-state index in [1.54, 1.807) is 24.3 Å². The van der Waals surface area contributed by atoms with Gasteiger partial charge in [0.25, 0.3) is 5.91 Å². The second kappa shape index (κ2) is 5.92. The number of methoxy groups -OCH3 is 1.